The Kier molecular flexibility index (Phi) is 3.54. The SMILES string of the molecule is O=C(c1ccccc1)c1ccccc1[SH](F)F. The van der Waals surface area contributed by atoms with Crippen molar-refractivity contribution in [3.05, 3.63) is 65.7 Å². The number of carbonyl (C=O) groups is 1. The largest absolute Gasteiger partial charge is 0.289 e. The van der Waals surface area contributed by atoms with Gasteiger partial charge in [0.15, 0.2) is 5.78 Å². The number of benzene rings is 2. The van der Waals surface area contributed by atoms with Gasteiger partial charge in [-0.2, -0.15) is 7.77 Å². The zero-order valence-corrected chi connectivity index (χ0v) is 9.70. The molecule has 0 fully saturated rings. The Morgan fingerprint density at radius 3 is 2.12 bits per heavy atom. The first-order chi connectivity index (χ1) is 8.20. The lowest BCUT2D eigenvalue weighted by molar-refractivity contribution is 0.103. The highest BCUT2D eigenvalue weighted by Crippen LogP contribution is 2.41. The molecule has 0 amide bonds. The summed E-state index contributed by atoms with van der Waals surface area (Å²) in [6.45, 7) is 0. The lowest BCUT2D eigenvalue weighted by Crippen LogP contribution is -2.02. The van der Waals surface area contributed by atoms with Gasteiger partial charge in [0, 0.05) is 11.1 Å². The molecule has 0 heterocycles. The Bertz CT molecular complexity index is 526. The van der Waals surface area contributed by atoms with Gasteiger partial charge in [0.05, 0.1) is 16.6 Å². The molecule has 2 aromatic rings. The molecule has 0 unspecified atom stereocenters. The number of ketones is 1. The molecule has 4 heteroatoms. The molecular formula is C13H10F2OS. The van der Waals surface area contributed by atoms with Crippen molar-refractivity contribution in [1.29, 1.82) is 0 Å². The molecule has 1 nitrogen and oxygen atoms in total. The highest BCUT2D eigenvalue weighted by atomic mass is 32.3. The fraction of sp³-hybridized carbons (Fsp3) is 0. The minimum absolute atomic E-state index is 0.0924. The van der Waals surface area contributed by atoms with Crippen molar-refractivity contribution in [3.8, 4) is 0 Å². The maximum Gasteiger partial charge on any atom is 0.194 e. The summed E-state index contributed by atoms with van der Waals surface area (Å²) in [5.41, 5.74) is 0.520. The van der Waals surface area contributed by atoms with E-state index in [0.29, 0.717) is 5.56 Å². The summed E-state index contributed by atoms with van der Waals surface area (Å²) in [6, 6.07) is 14.3. The number of halogens is 2. The number of hydrogen-bond donors (Lipinski definition) is 1. The third-order valence-corrected chi connectivity index (χ3v) is 3.12. The molecule has 0 aliphatic rings. The lowest BCUT2D eigenvalue weighted by Gasteiger charge is -2.08. The number of hydrogen-bond acceptors (Lipinski definition) is 1. The van der Waals surface area contributed by atoms with E-state index in [0.717, 1.165) is 0 Å². The normalized spacial score (nSPS) is 11.1. The van der Waals surface area contributed by atoms with E-state index in [1.165, 1.54) is 18.2 Å². The van der Waals surface area contributed by atoms with E-state index in [2.05, 4.69) is 0 Å². The molecule has 0 spiro atoms. The van der Waals surface area contributed by atoms with Crippen LogP contribution >= 0.6 is 11.7 Å². The van der Waals surface area contributed by atoms with Gasteiger partial charge in [-0.25, -0.2) is 0 Å². The second-order valence-corrected chi connectivity index (χ2v) is 4.39. The maximum atomic E-state index is 12.8. The van der Waals surface area contributed by atoms with Crippen molar-refractivity contribution >= 4 is 17.5 Å². The summed E-state index contributed by atoms with van der Waals surface area (Å²) in [7, 11) is 0. The van der Waals surface area contributed by atoms with E-state index < -0.39 is 11.7 Å². The van der Waals surface area contributed by atoms with Crippen molar-refractivity contribution in [1.82, 2.24) is 0 Å². The Labute approximate surface area is 101 Å². The van der Waals surface area contributed by atoms with Crippen LogP contribution in [-0.2, 0) is 0 Å². The van der Waals surface area contributed by atoms with Gasteiger partial charge >= 0.3 is 0 Å². The molecule has 0 aliphatic heterocycles. The minimum Gasteiger partial charge on any atom is -0.289 e. The summed E-state index contributed by atoms with van der Waals surface area (Å²) in [4.78, 5) is 11.9. The van der Waals surface area contributed by atoms with Crippen LogP contribution in [0.15, 0.2) is 59.5 Å². The fourth-order valence-electron chi connectivity index (χ4n) is 1.56. The van der Waals surface area contributed by atoms with Crippen molar-refractivity contribution < 1.29 is 12.6 Å². The van der Waals surface area contributed by atoms with Crippen LogP contribution in [0, 0.1) is 0 Å². The van der Waals surface area contributed by atoms with Crippen LogP contribution in [0.2, 0.25) is 0 Å². The number of rotatable bonds is 3. The molecular weight excluding hydrogens is 242 g/mol. The molecule has 0 saturated carbocycles. The van der Waals surface area contributed by atoms with E-state index in [-0.39, 0.29) is 16.2 Å². The zero-order chi connectivity index (χ0) is 12.3. The molecule has 0 aromatic heterocycles. The first-order valence-corrected chi connectivity index (χ1v) is 6.13. The monoisotopic (exact) mass is 252 g/mol. The average Bonchev–Trinajstić information content (AvgIpc) is 2.39. The summed E-state index contributed by atoms with van der Waals surface area (Å²) in [6.07, 6.45) is 0. The van der Waals surface area contributed by atoms with Gasteiger partial charge in [-0.1, -0.05) is 42.5 Å². The molecule has 0 N–H and O–H groups in total. The third-order valence-electron chi connectivity index (χ3n) is 2.37. The van der Waals surface area contributed by atoms with Gasteiger partial charge in [-0.15, -0.1) is 0 Å². The highest BCUT2D eigenvalue weighted by Gasteiger charge is 2.16. The Hall–Kier alpha value is -1.68. The van der Waals surface area contributed by atoms with Crippen LogP contribution in [0.4, 0.5) is 7.77 Å². The summed E-state index contributed by atoms with van der Waals surface area (Å²) in [5, 5.41) is 0. The van der Waals surface area contributed by atoms with Gasteiger partial charge in [0.1, 0.15) is 0 Å². The molecule has 0 atom stereocenters. The maximum absolute atomic E-state index is 12.8. The highest BCUT2D eigenvalue weighted by molar-refractivity contribution is 8.07. The Balaban J connectivity index is 2.45. The Morgan fingerprint density at radius 2 is 1.47 bits per heavy atom. The molecule has 2 rings (SSSR count). The van der Waals surface area contributed by atoms with Gasteiger partial charge in [0.25, 0.3) is 0 Å². The zero-order valence-electron chi connectivity index (χ0n) is 8.81. The molecule has 88 valence electrons. The molecule has 17 heavy (non-hydrogen) atoms. The van der Waals surface area contributed by atoms with Crippen LogP contribution in [0.5, 0.6) is 0 Å². The molecule has 2 aromatic carbocycles. The smallest absolute Gasteiger partial charge is 0.194 e. The van der Waals surface area contributed by atoms with E-state index in [1.807, 2.05) is 0 Å². The van der Waals surface area contributed by atoms with Crippen LogP contribution in [0.3, 0.4) is 0 Å². The summed E-state index contributed by atoms with van der Waals surface area (Å²) < 4.78 is 25.6. The van der Waals surface area contributed by atoms with Crippen molar-refractivity contribution in [2.75, 3.05) is 0 Å². The van der Waals surface area contributed by atoms with Crippen molar-refractivity contribution in [2.24, 2.45) is 0 Å². The molecule has 0 saturated heterocycles. The van der Waals surface area contributed by atoms with E-state index >= 15 is 0 Å². The van der Waals surface area contributed by atoms with E-state index in [9.17, 15) is 12.6 Å². The van der Waals surface area contributed by atoms with Crippen molar-refractivity contribution in [3.63, 3.8) is 0 Å². The van der Waals surface area contributed by atoms with Gasteiger partial charge in [0.2, 0.25) is 0 Å². The first kappa shape index (κ1) is 11.8. The second kappa shape index (κ2) is 5.10. The first-order valence-electron chi connectivity index (χ1n) is 5.00. The van der Waals surface area contributed by atoms with Crippen molar-refractivity contribution in [2.45, 2.75) is 4.90 Å². The lowest BCUT2D eigenvalue weighted by atomic mass is 10.0. The standard InChI is InChI=1S/C13H10F2OS/c14-17(15)12-9-5-4-8-11(12)13(16)10-6-2-1-3-7-10/h1-9,17H. The molecule has 0 radical (unpaired) electrons. The molecule has 0 bridgehead atoms. The topological polar surface area (TPSA) is 17.1 Å². The quantitative estimate of drug-likeness (QED) is 0.644. The second-order valence-electron chi connectivity index (χ2n) is 3.45. The van der Waals surface area contributed by atoms with E-state index in [1.54, 1.807) is 36.4 Å². The van der Waals surface area contributed by atoms with Crippen LogP contribution < -0.4 is 0 Å². The third kappa shape index (κ3) is 2.53. The number of carbonyl (C=O) groups excluding carboxylic acids is 1. The summed E-state index contributed by atoms with van der Waals surface area (Å²) in [5.74, 6) is -0.357. The van der Waals surface area contributed by atoms with Crippen LogP contribution in [0.25, 0.3) is 0 Å². The minimum atomic E-state index is -3.26. The fourth-order valence-corrected chi connectivity index (χ4v) is 2.12. The van der Waals surface area contributed by atoms with E-state index in [4.69, 9.17) is 0 Å². The van der Waals surface area contributed by atoms with Crippen LogP contribution in [-0.4, -0.2) is 5.78 Å². The molecule has 0 aliphatic carbocycles. The van der Waals surface area contributed by atoms with Gasteiger partial charge < -0.3 is 0 Å². The van der Waals surface area contributed by atoms with Gasteiger partial charge in [-0.3, -0.25) is 4.79 Å². The Morgan fingerprint density at radius 1 is 0.882 bits per heavy atom. The predicted octanol–water partition coefficient (Wildman–Crippen LogP) is 4.05. The van der Waals surface area contributed by atoms with Crippen LogP contribution in [0.1, 0.15) is 15.9 Å². The van der Waals surface area contributed by atoms with Gasteiger partial charge in [-0.05, 0) is 12.1 Å². The average molecular weight is 252 g/mol. The predicted molar refractivity (Wildman–Crippen MR) is 65.8 cm³/mol. The number of thiol groups is 1. The summed E-state index contributed by atoms with van der Waals surface area (Å²) >= 11 is -3.26.